The maximum Gasteiger partial charge on any atom is 0.162 e. The van der Waals surface area contributed by atoms with Crippen LogP contribution in [0.2, 0.25) is 0 Å². The molecule has 3 aromatic rings. The number of amidine groups is 2. The first-order chi connectivity index (χ1) is 12.8. The van der Waals surface area contributed by atoms with Crippen LogP contribution in [0.25, 0.3) is 0 Å². The lowest BCUT2D eigenvalue weighted by Gasteiger charge is -2.11. The van der Waals surface area contributed by atoms with Gasteiger partial charge in [0.1, 0.15) is 11.6 Å². The topological polar surface area (TPSA) is 58.9 Å². The molecule has 0 spiro atoms. The second kappa shape index (κ2) is 7.19. The van der Waals surface area contributed by atoms with Gasteiger partial charge in [-0.1, -0.05) is 30.3 Å². The van der Waals surface area contributed by atoms with Gasteiger partial charge in [-0.15, -0.1) is 0 Å². The van der Waals surface area contributed by atoms with Crippen LogP contribution < -0.4 is 10.1 Å². The summed E-state index contributed by atoms with van der Waals surface area (Å²) in [5, 5.41) is 3.41. The second-order valence-corrected chi connectivity index (χ2v) is 5.73. The zero-order valence-corrected chi connectivity index (χ0v) is 14.4. The molecule has 0 atom stereocenters. The van der Waals surface area contributed by atoms with Crippen molar-refractivity contribution in [3.8, 4) is 5.75 Å². The van der Waals surface area contributed by atoms with Gasteiger partial charge in [0.25, 0.3) is 0 Å². The van der Waals surface area contributed by atoms with E-state index in [1.165, 1.54) is 0 Å². The molecule has 0 unspecified atom stereocenters. The Kier molecular flexibility index (Phi) is 4.43. The summed E-state index contributed by atoms with van der Waals surface area (Å²) in [5.41, 5.74) is 3.58. The third-order valence-corrected chi connectivity index (χ3v) is 3.96. The van der Waals surface area contributed by atoms with Gasteiger partial charge in [0, 0.05) is 29.6 Å². The van der Waals surface area contributed by atoms with Gasteiger partial charge in [-0.05, 0) is 31.2 Å². The van der Waals surface area contributed by atoms with Crippen LogP contribution in [0.5, 0.6) is 5.75 Å². The number of pyridine rings is 1. The van der Waals surface area contributed by atoms with E-state index < -0.39 is 0 Å². The van der Waals surface area contributed by atoms with E-state index in [2.05, 4.69) is 10.3 Å². The SMILES string of the molecule is CCOc1ccc2c(c1)NC(c1ccccc1)=NC(c1ccncc1)=N2. The predicted octanol–water partition coefficient (Wildman–Crippen LogP) is 4.43. The Morgan fingerprint density at radius 1 is 0.885 bits per heavy atom. The summed E-state index contributed by atoms with van der Waals surface area (Å²) in [6, 6.07) is 19.6. The van der Waals surface area contributed by atoms with E-state index >= 15 is 0 Å². The first-order valence-electron chi connectivity index (χ1n) is 8.50. The zero-order valence-electron chi connectivity index (χ0n) is 14.4. The Balaban J connectivity index is 1.85. The summed E-state index contributed by atoms with van der Waals surface area (Å²) in [5.74, 6) is 2.18. The fraction of sp³-hybridized carbons (Fsp3) is 0.0952. The van der Waals surface area contributed by atoms with Gasteiger partial charge in [0.2, 0.25) is 0 Å². The number of nitrogens with one attached hydrogen (secondary N) is 1. The number of hydrogen-bond acceptors (Lipinski definition) is 5. The number of rotatable bonds is 4. The second-order valence-electron chi connectivity index (χ2n) is 5.73. The molecule has 128 valence electrons. The van der Waals surface area contributed by atoms with Gasteiger partial charge in [-0.2, -0.15) is 0 Å². The molecule has 5 nitrogen and oxygen atoms in total. The molecule has 1 aromatic heterocycles. The van der Waals surface area contributed by atoms with Crippen LogP contribution in [0.3, 0.4) is 0 Å². The molecule has 4 rings (SSSR count). The lowest BCUT2D eigenvalue weighted by Crippen LogP contribution is -2.15. The maximum atomic E-state index is 5.63. The summed E-state index contributed by atoms with van der Waals surface area (Å²) >= 11 is 0. The summed E-state index contributed by atoms with van der Waals surface area (Å²) < 4.78 is 5.63. The van der Waals surface area contributed by atoms with Crippen molar-refractivity contribution in [2.75, 3.05) is 11.9 Å². The fourth-order valence-electron chi connectivity index (χ4n) is 2.73. The number of nitrogens with zero attached hydrogens (tertiary/aromatic N) is 3. The van der Waals surface area contributed by atoms with E-state index in [0.29, 0.717) is 12.4 Å². The van der Waals surface area contributed by atoms with Crippen LogP contribution >= 0.6 is 0 Å². The van der Waals surface area contributed by atoms with Gasteiger partial charge in [-0.25, -0.2) is 9.98 Å². The standard InChI is InChI=1S/C21H18N4O/c1-2-26-17-8-9-18-19(14-17)24-20(15-6-4-3-5-7-15)25-21(23-18)16-10-12-22-13-11-16/h3-14H,2H2,1H3,(H,23,24,25). The summed E-state index contributed by atoms with van der Waals surface area (Å²) in [4.78, 5) is 13.6. The summed E-state index contributed by atoms with van der Waals surface area (Å²) in [6.45, 7) is 2.58. The molecule has 0 amide bonds. The van der Waals surface area contributed by atoms with Crippen LogP contribution in [0, 0.1) is 0 Å². The molecule has 1 aliphatic rings. The highest BCUT2D eigenvalue weighted by Gasteiger charge is 2.16. The lowest BCUT2D eigenvalue weighted by atomic mass is 10.2. The van der Waals surface area contributed by atoms with Gasteiger partial charge in [-0.3, -0.25) is 4.98 Å². The number of aromatic nitrogens is 1. The van der Waals surface area contributed by atoms with E-state index in [9.17, 15) is 0 Å². The van der Waals surface area contributed by atoms with Gasteiger partial charge < -0.3 is 10.1 Å². The van der Waals surface area contributed by atoms with Crippen molar-refractivity contribution in [2.45, 2.75) is 6.92 Å². The molecule has 2 aromatic carbocycles. The van der Waals surface area contributed by atoms with E-state index in [1.54, 1.807) is 12.4 Å². The van der Waals surface area contributed by atoms with E-state index in [0.717, 1.165) is 34.1 Å². The number of fused-ring (bicyclic) bond motifs is 1. The average molecular weight is 342 g/mol. The molecule has 0 bridgehead atoms. The molecule has 0 radical (unpaired) electrons. The first kappa shape index (κ1) is 16.0. The smallest absolute Gasteiger partial charge is 0.162 e. The molecule has 5 heteroatoms. The first-order valence-corrected chi connectivity index (χ1v) is 8.50. The van der Waals surface area contributed by atoms with Crippen LogP contribution in [-0.2, 0) is 0 Å². The monoisotopic (exact) mass is 342 g/mol. The van der Waals surface area contributed by atoms with Crippen molar-refractivity contribution in [1.29, 1.82) is 0 Å². The van der Waals surface area contributed by atoms with Gasteiger partial charge in [0.15, 0.2) is 5.84 Å². The Morgan fingerprint density at radius 2 is 1.69 bits per heavy atom. The molecule has 0 saturated heterocycles. The molecular weight excluding hydrogens is 324 g/mol. The molecular formula is C21H18N4O. The minimum absolute atomic E-state index is 0.615. The highest BCUT2D eigenvalue weighted by molar-refractivity contribution is 6.19. The molecule has 26 heavy (non-hydrogen) atoms. The van der Waals surface area contributed by atoms with Crippen molar-refractivity contribution in [3.63, 3.8) is 0 Å². The van der Waals surface area contributed by atoms with Crippen molar-refractivity contribution in [1.82, 2.24) is 4.98 Å². The normalized spacial score (nSPS) is 13.0. The Hall–Kier alpha value is -3.47. The highest BCUT2D eigenvalue weighted by Crippen LogP contribution is 2.32. The number of hydrogen-bond donors (Lipinski definition) is 1. The van der Waals surface area contributed by atoms with Crippen molar-refractivity contribution >= 4 is 23.0 Å². The van der Waals surface area contributed by atoms with Crippen LogP contribution in [0.4, 0.5) is 11.4 Å². The average Bonchev–Trinajstić information content (AvgIpc) is 2.89. The Morgan fingerprint density at radius 3 is 2.46 bits per heavy atom. The Bertz CT molecular complexity index is 966. The quantitative estimate of drug-likeness (QED) is 0.763. The summed E-state index contributed by atoms with van der Waals surface area (Å²) in [7, 11) is 0. The van der Waals surface area contributed by atoms with E-state index in [-0.39, 0.29) is 0 Å². The minimum atomic E-state index is 0.615. The van der Waals surface area contributed by atoms with E-state index in [4.69, 9.17) is 14.7 Å². The molecule has 1 N–H and O–H groups in total. The van der Waals surface area contributed by atoms with Crippen molar-refractivity contribution < 1.29 is 4.74 Å². The van der Waals surface area contributed by atoms with Crippen molar-refractivity contribution in [3.05, 3.63) is 84.2 Å². The zero-order chi connectivity index (χ0) is 17.8. The fourth-order valence-corrected chi connectivity index (χ4v) is 2.73. The van der Waals surface area contributed by atoms with Crippen LogP contribution in [0.1, 0.15) is 18.1 Å². The number of aliphatic imine (C=N–C) groups is 2. The van der Waals surface area contributed by atoms with Crippen molar-refractivity contribution in [2.24, 2.45) is 9.98 Å². The number of anilines is 1. The maximum absolute atomic E-state index is 5.63. The van der Waals surface area contributed by atoms with Crippen LogP contribution in [-0.4, -0.2) is 23.3 Å². The van der Waals surface area contributed by atoms with Crippen LogP contribution in [0.15, 0.2) is 83.0 Å². The number of benzene rings is 2. The minimum Gasteiger partial charge on any atom is -0.494 e. The third-order valence-electron chi connectivity index (χ3n) is 3.96. The van der Waals surface area contributed by atoms with E-state index in [1.807, 2.05) is 67.6 Å². The summed E-state index contributed by atoms with van der Waals surface area (Å²) in [6.07, 6.45) is 3.49. The molecule has 0 fully saturated rings. The molecule has 0 aliphatic carbocycles. The van der Waals surface area contributed by atoms with Gasteiger partial charge >= 0.3 is 0 Å². The number of ether oxygens (including phenoxy) is 1. The third kappa shape index (κ3) is 3.32. The molecule has 0 saturated carbocycles. The predicted molar refractivity (Wildman–Crippen MR) is 105 cm³/mol. The largest absolute Gasteiger partial charge is 0.494 e. The highest BCUT2D eigenvalue weighted by atomic mass is 16.5. The van der Waals surface area contributed by atoms with Gasteiger partial charge in [0.05, 0.1) is 18.0 Å². The lowest BCUT2D eigenvalue weighted by molar-refractivity contribution is 0.340. The Labute approximate surface area is 152 Å². The molecule has 1 aliphatic heterocycles. The molecule has 2 heterocycles.